The molecule has 0 saturated carbocycles. The number of aromatic carboxylic acids is 1. The van der Waals surface area contributed by atoms with Gasteiger partial charge in [0, 0.05) is 17.5 Å². The van der Waals surface area contributed by atoms with Crippen molar-refractivity contribution in [3.05, 3.63) is 47.7 Å². The Morgan fingerprint density at radius 1 is 1.16 bits per heavy atom. The molecule has 0 aliphatic rings. The zero-order valence-electron chi connectivity index (χ0n) is 10.1. The van der Waals surface area contributed by atoms with E-state index in [9.17, 15) is 4.79 Å². The molecule has 96 valence electrons. The van der Waals surface area contributed by atoms with Gasteiger partial charge in [-0.25, -0.2) is 4.79 Å². The maximum absolute atomic E-state index is 10.7. The van der Waals surface area contributed by atoms with Crippen LogP contribution in [0, 0.1) is 11.8 Å². The van der Waals surface area contributed by atoms with Gasteiger partial charge in [-0.2, -0.15) is 0 Å². The van der Waals surface area contributed by atoms with E-state index in [0.717, 1.165) is 11.1 Å². The molecule has 0 aliphatic carbocycles. The number of carbonyl (C=O) groups is 1. The highest BCUT2D eigenvalue weighted by molar-refractivity contribution is 5.85. The van der Waals surface area contributed by atoms with Crippen molar-refractivity contribution in [3.63, 3.8) is 0 Å². The van der Waals surface area contributed by atoms with E-state index in [-0.39, 0.29) is 12.4 Å². The van der Waals surface area contributed by atoms with Gasteiger partial charge in [-0.15, -0.1) is 0 Å². The van der Waals surface area contributed by atoms with Gasteiger partial charge in [0.2, 0.25) is 5.76 Å². The van der Waals surface area contributed by atoms with Crippen molar-refractivity contribution in [3.8, 4) is 23.2 Å². The molecule has 0 bridgehead atoms. The molecule has 0 aliphatic heterocycles. The van der Waals surface area contributed by atoms with E-state index in [1.807, 2.05) is 24.3 Å². The maximum Gasteiger partial charge on any atom is 0.371 e. The summed E-state index contributed by atoms with van der Waals surface area (Å²) in [7, 11) is 0. The molecule has 2 aromatic rings. The molecule has 0 amide bonds. The highest BCUT2D eigenvalue weighted by Gasteiger charge is 2.09. The fourth-order valence-electron chi connectivity index (χ4n) is 1.55. The van der Waals surface area contributed by atoms with Crippen molar-refractivity contribution >= 4 is 5.97 Å². The number of aliphatic hydroxyl groups is 1. The van der Waals surface area contributed by atoms with E-state index in [2.05, 4.69) is 11.8 Å². The Kier molecular flexibility index (Phi) is 4.01. The number of hydrogen-bond acceptors (Lipinski definition) is 3. The summed E-state index contributed by atoms with van der Waals surface area (Å²) in [6.45, 7) is 0.0510. The molecular formula is C15H12O4. The second kappa shape index (κ2) is 5.89. The van der Waals surface area contributed by atoms with E-state index < -0.39 is 5.97 Å². The first kappa shape index (κ1) is 12.9. The molecule has 19 heavy (non-hydrogen) atoms. The summed E-state index contributed by atoms with van der Waals surface area (Å²) < 4.78 is 5.20. The normalized spacial score (nSPS) is 9.74. The van der Waals surface area contributed by atoms with E-state index in [0.29, 0.717) is 12.2 Å². The van der Waals surface area contributed by atoms with Crippen molar-refractivity contribution < 1.29 is 19.4 Å². The summed E-state index contributed by atoms with van der Waals surface area (Å²) in [4.78, 5) is 10.7. The largest absolute Gasteiger partial charge is 0.475 e. The Morgan fingerprint density at radius 3 is 2.47 bits per heavy atom. The molecule has 4 nitrogen and oxygen atoms in total. The molecule has 1 heterocycles. The monoisotopic (exact) mass is 256 g/mol. The fourth-order valence-corrected chi connectivity index (χ4v) is 1.55. The number of furan rings is 1. The highest BCUT2D eigenvalue weighted by Crippen LogP contribution is 2.22. The first-order chi connectivity index (χ1) is 9.20. The third-order valence-corrected chi connectivity index (χ3v) is 2.46. The van der Waals surface area contributed by atoms with Crippen LogP contribution < -0.4 is 0 Å². The predicted molar refractivity (Wildman–Crippen MR) is 69.7 cm³/mol. The first-order valence-corrected chi connectivity index (χ1v) is 5.74. The lowest BCUT2D eigenvalue weighted by atomic mass is 10.1. The van der Waals surface area contributed by atoms with E-state index in [4.69, 9.17) is 14.6 Å². The Hall–Kier alpha value is -2.51. The van der Waals surface area contributed by atoms with Gasteiger partial charge in [-0.3, -0.25) is 0 Å². The van der Waals surface area contributed by atoms with Crippen LogP contribution in [0.1, 0.15) is 22.5 Å². The minimum Gasteiger partial charge on any atom is -0.475 e. The molecule has 1 aromatic heterocycles. The van der Waals surface area contributed by atoms with Gasteiger partial charge in [0.05, 0.1) is 6.61 Å². The van der Waals surface area contributed by atoms with Gasteiger partial charge in [0.15, 0.2) is 0 Å². The Bertz CT molecular complexity index is 626. The van der Waals surface area contributed by atoms with Crippen LogP contribution in [0.25, 0.3) is 11.3 Å². The Labute approximate surface area is 110 Å². The van der Waals surface area contributed by atoms with Crippen LogP contribution in [0.15, 0.2) is 40.8 Å². The summed E-state index contributed by atoms with van der Waals surface area (Å²) in [5.41, 5.74) is 1.63. The number of aliphatic hydroxyl groups excluding tert-OH is 1. The van der Waals surface area contributed by atoms with Crippen LogP contribution in [0.4, 0.5) is 0 Å². The number of carboxylic acids is 1. The van der Waals surface area contributed by atoms with Crippen molar-refractivity contribution in [1.82, 2.24) is 0 Å². The van der Waals surface area contributed by atoms with Crippen LogP contribution in [0.3, 0.4) is 0 Å². The summed E-state index contributed by atoms with van der Waals surface area (Å²) in [5, 5.41) is 17.4. The number of carboxylic acid groups (broad SMARTS) is 1. The Balaban J connectivity index is 2.18. The molecule has 4 heteroatoms. The zero-order valence-corrected chi connectivity index (χ0v) is 10.1. The lowest BCUT2D eigenvalue weighted by Crippen LogP contribution is -1.91. The standard InChI is InChI=1S/C15H12O4/c16-10-2-1-3-11-4-6-12(7-5-11)13-8-9-14(19-13)15(17)18/h4-9,16H,2,10H2,(H,17,18). The van der Waals surface area contributed by atoms with Gasteiger partial charge in [0.25, 0.3) is 0 Å². The quantitative estimate of drug-likeness (QED) is 0.827. The van der Waals surface area contributed by atoms with Crippen LogP contribution >= 0.6 is 0 Å². The number of benzene rings is 1. The summed E-state index contributed by atoms with van der Waals surface area (Å²) in [6, 6.07) is 10.3. The van der Waals surface area contributed by atoms with Crippen molar-refractivity contribution in [2.24, 2.45) is 0 Å². The van der Waals surface area contributed by atoms with E-state index >= 15 is 0 Å². The third kappa shape index (κ3) is 3.24. The summed E-state index contributed by atoms with van der Waals surface area (Å²) in [5.74, 6) is 5.08. The van der Waals surface area contributed by atoms with E-state index in [1.54, 1.807) is 6.07 Å². The average molecular weight is 256 g/mol. The Morgan fingerprint density at radius 2 is 1.89 bits per heavy atom. The topological polar surface area (TPSA) is 70.7 Å². The van der Waals surface area contributed by atoms with Crippen molar-refractivity contribution in [2.45, 2.75) is 6.42 Å². The summed E-state index contributed by atoms with van der Waals surface area (Å²) >= 11 is 0. The van der Waals surface area contributed by atoms with Gasteiger partial charge >= 0.3 is 5.97 Å². The zero-order chi connectivity index (χ0) is 13.7. The molecular weight excluding hydrogens is 244 g/mol. The number of rotatable bonds is 3. The van der Waals surface area contributed by atoms with Crippen LogP contribution in [0.5, 0.6) is 0 Å². The smallest absolute Gasteiger partial charge is 0.371 e. The SMILES string of the molecule is O=C(O)c1ccc(-c2ccc(C#CCCO)cc2)o1. The molecule has 0 unspecified atom stereocenters. The predicted octanol–water partition coefficient (Wildman–Crippen LogP) is 2.38. The van der Waals surface area contributed by atoms with Crippen LogP contribution in [0.2, 0.25) is 0 Å². The average Bonchev–Trinajstić information content (AvgIpc) is 2.90. The van der Waals surface area contributed by atoms with Gasteiger partial charge in [-0.1, -0.05) is 24.0 Å². The minimum atomic E-state index is -1.09. The fraction of sp³-hybridized carbons (Fsp3) is 0.133. The van der Waals surface area contributed by atoms with E-state index in [1.165, 1.54) is 6.07 Å². The van der Waals surface area contributed by atoms with Crippen LogP contribution in [-0.2, 0) is 0 Å². The molecule has 0 atom stereocenters. The third-order valence-electron chi connectivity index (χ3n) is 2.46. The second-order valence-corrected chi connectivity index (χ2v) is 3.82. The van der Waals surface area contributed by atoms with Crippen molar-refractivity contribution in [1.29, 1.82) is 0 Å². The van der Waals surface area contributed by atoms with Crippen LogP contribution in [-0.4, -0.2) is 22.8 Å². The molecule has 0 fully saturated rings. The van der Waals surface area contributed by atoms with Gasteiger partial charge in [-0.05, 0) is 24.3 Å². The minimum absolute atomic E-state index is 0.0510. The summed E-state index contributed by atoms with van der Waals surface area (Å²) in [6.07, 6.45) is 0.446. The molecule has 0 saturated heterocycles. The van der Waals surface area contributed by atoms with Crippen molar-refractivity contribution in [2.75, 3.05) is 6.61 Å². The van der Waals surface area contributed by atoms with Gasteiger partial charge in [0.1, 0.15) is 5.76 Å². The molecule has 2 N–H and O–H groups in total. The molecule has 0 spiro atoms. The lowest BCUT2D eigenvalue weighted by Gasteiger charge is -1.97. The second-order valence-electron chi connectivity index (χ2n) is 3.82. The lowest BCUT2D eigenvalue weighted by molar-refractivity contribution is 0.0663. The molecule has 0 radical (unpaired) electrons. The molecule has 1 aromatic carbocycles. The number of hydrogen-bond donors (Lipinski definition) is 2. The maximum atomic E-state index is 10.7. The molecule has 2 rings (SSSR count). The first-order valence-electron chi connectivity index (χ1n) is 5.74. The highest BCUT2D eigenvalue weighted by atomic mass is 16.4. The van der Waals surface area contributed by atoms with Gasteiger partial charge < -0.3 is 14.6 Å².